The van der Waals surface area contributed by atoms with Gasteiger partial charge in [-0.2, -0.15) is 0 Å². The number of ether oxygens (including phenoxy) is 1. The van der Waals surface area contributed by atoms with E-state index in [1.807, 2.05) is 0 Å². The van der Waals surface area contributed by atoms with Crippen LogP contribution in [0.15, 0.2) is 23.0 Å². The zero-order valence-electron chi connectivity index (χ0n) is 9.42. The summed E-state index contributed by atoms with van der Waals surface area (Å²) in [4.78, 5) is 26.0. The predicted octanol–water partition coefficient (Wildman–Crippen LogP) is 2.55. The standard InChI is InChI=1S/C12H9Cl2NO3/c1-18-11(17)5-7-4-10(16)8-2-6(13)3-9(14)12(8)15-7/h2-4H,5H2,1H3,(H,15,16). The highest BCUT2D eigenvalue weighted by atomic mass is 35.5. The van der Waals surface area contributed by atoms with Crippen LogP contribution in [0.25, 0.3) is 10.9 Å². The lowest BCUT2D eigenvalue weighted by molar-refractivity contribution is -0.139. The van der Waals surface area contributed by atoms with Crippen LogP contribution in [0.1, 0.15) is 5.69 Å². The van der Waals surface area contributed by atoms with E-state index in [2.05, 4.69) is 9.72 Å². The van der Waals surface area contributed by atoms with E-state index in [0.29, 0.717) is 26.6 Å². The Kier molecular flexibility index (Phi) is 3.59. The van der Waals surface area contributed by atoms with Crippen molar-refractivity contribution in [2.45, 2.75) is 6.42 Å². The van der Waals surface area contributed by atoms with Crippen LogP contribution in [-0.2, 0) is 16.0 Å². The summed E-state index contributed by atoms with van der Waals surface area (Å²) in [6.45, 7) is 0. The largest absolute Gasteiger partial charge is 0.469 e. The SMILES string of the molecule is COC(=O)Cc1cc(=O)c2cc(Cl)cc(Cl)c2[nH]1. The second-order valence-corrected chi connectivity index (χ2v) is 4.57. The van der Waals surface area contributed by atoms with Gasteiger partial charge >= 0.3 is 5.97 Å². The molecule has 0 fully saturated rings. The summed E-state index contributed by atoms with van der Waals surface area (Å²) in [6, 6.07) is 4.40. The Morgan fingerprint density at radius 1 is 1.33 bits per heavy atom. The maximum Gasteiger partial charge on any atom is 0.311 e. The summed E-state index contributed by atoms with van der Waals surface area (Å²) in [7, 11) is 1.29. The molecule has 1 aromatic carbocycles. The number of esters is 1. The molecule has 0 radical (unpaired) electrons. The molecule has 94 valence electrons. The van der Waals surface area contributed by atoms with Crippen molar-refractivity contribution in [1.82, 2.24) is 4.98 Å². The van der Waals surface area contributed by atoms with E-state index >= 15 is 0 Å². The van der Waals surface area contributed by atoms with Crippen LogP contribution < -0.4 is 5.43 Å². The number of fused-ring (bicyclic) bond motifs is 1. The number of methoxy groups -OCH3 is 1. The quantitative estimate of drug-likeness (QED) is 0.863. The minimum Gasteiger partial charge on any atom is -0.469 e. The van der Waals surface area contributed by atoms with Crippen LogP contribution >= 0.6 is 23.2 Å². The second kappa shape index (κ2) is 5.00. The van der Waals surface area contributed by atoms with Gasteiger partial charge in [-0.15, -0.1) is 0 Å². The van der Waals surface area contributed by atoms with Gasteiger partial charge in [0.15, 0.2) is 5.43 Å². The first-order valence-corrected chi connectivity index (χ1v) is 5.84. The lowest BCUT2D eigenvalue weighted by Gasteiger charge is -2.05. The highest BCUT2D eigenvalue weighted by molar-refractivity contribution is 6.38. The van der Waals surface area contributed by atoms with Crippen LogP contribution in [0, 0.1) is 0 Å². The van der Waals surface area contributed by atoms with Gasteiger partial charge in [-0.1, -0.05) is 23.2 Å². The number of H-pyrrole nitrogens is 1. The molecular formula is C12H9Cl2NO3. The number of carbonyl (C=O) groups is 1. The molecule has 0 amide bonds. The van der Waals surface area contributed by atoms with E-state index < -0.39 is 5.97 Å². The summed E-state index contributed by atoms with van der Waals surface area (Å²) in [5.74, 6) is -0.435. The Hall–Kier alpha value is -1.52. The van der Waals surface area contributed by atoms with Gasteiger partial charge in [0.1, 0.15) is 0 Å². The molecule has 0 aliphatic carbocycles. The van der Waals surface area contributed by atoms with Crippen LogP contribution in [-0.4, -0.2) is 18.1 Å². The molecule has 0 saturated heterocycles. The van der Waals surface area contributed by atoms with E-state index in [9.17, 15) is 9.59 Å². The van der Waals surface area contributed by atoms with Crippen LogP contribution in [0.5, 0.6) is 0 Å². The molecule has 18 heavy (non-hydrogen) atoms. The second-order valence-electron chi connectivity index (χ2n) is 3.72. The molecular weight excluding hydrogens is 277 g/mol. The van der Waals surface area contributed by atoms with Crippen LogP contribution in [0.2, 0.25) is 10.0 Å². The maximum atomic E-state index is 11.9. The Morgan fingerprint density at radius 3 is 2.72 bits per heavy atom. The smallest absolute Gasteiger partial charge is 0.311 e. The van der Waals surface area contributed by atoms with Crippen molar-refractivity contribution in [3.63, 3.8) is 0 Å². The zero-order valence-corrected chi connectivity index (χ0v) is 10.9. The minimum atomic E-state index is -0.435. The molecule has 2 rings (SSSR count). The molecule has 2 aromatic rings. The molecule has 0 bridgehead atoms. The van der Waals surface area contributed by atoms with Gasteiger partial charge in [0.2, 0.25) is 0 Å². The minimum absolute atomic E-state index is 0.0133. The first-order valence-electron chi connectivity index (χ1n) is 5.09. The Morgan fingerprint density at radius 2 is 2.06 bits per heavy atom. The molecule has 1 aromatic heterocycles. The summed E-state index contributed by atoms with van der Waals surface area (Å²) in [5.41, 5.74) is 0.670. The van der Waals surface area contributed by atoms with Crippen molar-refractivity contribution in [3.8, 4) is 0 Å². The third kappa shape index (κ3) is 2.49. The van der Waals surface area contributed by atoms with Crippen molar-refractivity contribution in [2.75, 3.05) is 7.11 Å². The van der Waals surface area contributed by atoms with E-state index in [-0.39, 0.29) is 11.8 Å². The number of benzene rings is 1. The monoisotopic (exact) mass is 285 g/mol. The first kappa shape index (κ1) is 12.9. The highest BCUT2D eigenvalue weighted by Crippen LogP contribution is 2.24. The first-order chi connectivity index (χ1) is 8.51. The number of pyridine rings is 1. The fourth-order valence-electron chi connectivity index (χ4n) is 1.65. The van der Waals surface area contributed by atoms with Gasteiger partial charge in [0.05, 0.1) is 24.1 Å². The molecule has 0 aliphatic rings. The van der Waals surface area contributed by atoms with Gasteiger partial charge in [-0.05, 0) is 12.1 Å². The molecule has 1 heterocycles. The maximum absolute atomic E-state index is 11.9. The van der Waals surface area contributed by atoms with E-state index in [1.54, 1.807) is 0 Å². The normalized spacial score (nSPS) is 10.6. The molecule has 0 aliphatic heterocycles. The van der Waals surface area contributed by atoms with Gasteiger partial charge in [0, 0.05) is 22.2 Å². The van der Waals surface area contributed by atoms with Crippen molar-refractivity contribution in [2.24, 2.45) is 0 Å². The lowest BCUT2D eigenvalue weighted by Crippen LogP contribution is -2.11. The number of rotatable bonds is 2. The fourth-order valence-corrected chi connectivity index (χ4v) is 2.19. The predicted molar refractivity (Wildman–Crippen MR) is 70.3 cm³/mol. The number of hydrogen-bond acceptors (Lipinski definition) is 3. The average molecular weight is 286 g/mol. The number of aromatic amines is 1. The van der Waals surface area contributed by atoms with Gasteiger partial charge in [-0.25, -0.2) is 0 Å². The van der Waals surface area contributed by atoms with Crippen molar-refractivity contribution in [3.05, 3.63) is 44.2 Å². The lowest BCUT2D eigenvalue weighted by atomic mass is 10.1. The number of nitrogens with one attached hydrogen (secondary N) is 1. The number of carbonyl (C=O) groups excluding carboxylic acids is 1. The molecule has 0 spiro atoms. The van der Waals surface area contributed by atoms with E-state index in [0.717, 1.165) is 0 Å². The van der Waals surface area contributed by atoms with Crippen LogP contribution in [0.4, 0.5) is 0 Å². The fraction of sp³-hybridized carbons (Fsp3) is 0.167. The summed E-state index contributed by atoms with van der Waals surface area (Å²) < 4.78 is 4.54. The summed E-state index contributed by atoms with van der Waals surface area (Å²) >= 11 is 11.8. The Bertz CT molecular complexity index is 679. The van der Waals surface area contributed by atoms with Gasteiger partial charge in [0.25, 0.3) is 0 Å². The van der Waals surface area contributed by atoms with Crippen molar-refractivity contribution < 1.29 is 9.53 Å². The van der Waals surface area contributed by atoms with Crippen molar-refractivity contribution >= 4 is 40.1 Å². The van der Waals surface area contributed by atoms with E-state index in [4.69, 9.17) is 23.2 Å². The molecule has 0 atom stereocenters. The van der Waals surface area contributed by atoms with Crippen LogP contribution in [0.3, 0.4) is 0 Å². The Labute approximate surface area is 112 Å². The van der Waals surface area contributed by atoms with E-state index in [1.165, 1.54) is 25.3 Å². The number of aromatic nitrogens is 1. The topological polar surface area (TPSA) is 59.2 Å². The summed E-state index contributed by atoms with van der Waals surface area (Å²) in [5, 5.41) is 1.11. The number of halogens is 2. The Balaban J connectivity index is 2.62. The third-order valence-corrected chi connectivity index (χ3v) is 2.99. The molecule has 4 nitrogen and oxygen atoms in total. The zero-order chi connectivity index (χ0) is 13.3. The molecule has 1 N–H and O–H groups in total. The highest BCUT2D eigenvalue weighted by Gasteiger charge is 2.10. The summed E-state index contributed by atoms with van der Waals surface area (Å²) in [6.07, 6.45) is -0.0133. The van der Waals surface area contributed by atoms with Gasteiger partial charge < -0.3 is 9.72 Å². The molecule has 0 saturated carbocycles. The van der Waals surface area contributed by atoms with Crippen molar-refractivity contribution in [1.29, 1.82) is 0 Å². The number of hydrogen-bond donors (Lipinski definition) is 1. The van der Waals surface area contributed by atoms with Gasteiger partial charge in [-0.3, -0.25) is 9.59 Å². The third-order valence-electron chi connectivity index (χ3n) is 2.47. The average Bonchev–Trinajstić information content (AvgIpc) is 2.30. The molecule has 0 unspecified atom stereocenters. The molecule has 6 heteroatoms.